The fraction of sp³-hybridized carbons (Fsp3) is 0.625. The topological polar surface area (TPSA) is 49.5 Å². The van der Waals surface area contributed by atoms with Gasteiger partial charge in [0, 0.05) is 24.3 Å². The summed E-state index contributed by atoms with van der Waals surface area (Å²) in [4.78, 5) is 2.37. The van der Waals surface area contributed by atoms with Crippen molar-refractivity contribution in [3.8, 4) is 0 Å². The lowest BCUT2D eigenvalue weighted by atomic mass is 10.0. The lowest BCUT2D eigenvalue weighted by molar-refractivity contribution is 0.297. The molecule has 1 atom stereocenters. The van der Waals surface area contributed by atoms with Crippen LogP contribution in [-0.2, 0) is 0 Å². The van der Waals surface area contributed by atoms with Crippen LogP contribution in [0.25, 0.3) is 0 Å². The minimum absolute atomic E-state index is 0.0822. The van der Waals surface area contributed by atoms with Crippen molar-refractivity contribution in [3.63, 3.8) is 0 Å². The highest BCUT2D eigenvalue weighted by Gasteiger charge is 2.24. The lowest BCUT2D eigenvalue weighted by Crippen LogP contribution is -2.36. The molecule has 2 rings (SSSR count). The van der Waals surface area contributed by atoms with Gasteiger partial charge in [-0.2, -0.15) is 0 Å². The van der Waals surface area contributed by atoms with Gasteiger partial charge in [-0.1, -0.05) is 38.0 Å². The average Bonchev–Trinajstić information content (AvgIpc) is 2.98. The van der Waals surface area contributed by atoms with E-state index in [1.807, 2.05) is 0 Å². The molecule has 3 nitrogen and oxygen atoms in total. The molecule has 1 saturated carbocycles. The van der Waals surface area contributed by atoms with E-state index in [1.165, 1.54) is 36.9 Å². The van der Waals surface area contributed by atoms with Crippen LogP contribution in [0.3, 0.4) is 0 Å². The van der Waals surface area contributed by atoms with E-state index in [4.69, 9.17) is 5.73 Å². The molecule has 0 spiro atoms. The summed E-state index contributed by atoms with van der Waals surface area (Å²) in [7, 11) is 0. The van der Waals surface area contributed by atoms with E-state index in [2.05, 4.69) is 36.1 Å². The Morgan fingerprint density at radius 2 is 2.00 bits per heavy atom. The van der Waals surface area contributed by atoms with Gasteiger partial charge in [0.1, 0.15) is 0 Å². The van der Waals surface area contributed by atoms with Crippen molar-refractivity contribution in [1.29, 1.82) is 0 Å². The number of aliphatic hydroxyl groups is 1. The number of nitrogens with two attached hydrogens (primary N) is 1. The van der Waals surface area contributed by atoms with E-state index in [-0.39, 0.29) is 12.6 Å². The molecule has 19 heavy (non-hydrogen) atoms. The number of rotatable bonds is 6. The van der Waals surface area contributed by atoms with E-state index in [9.17, 15) is 5.11 Å². The van der Waals surface area contributed by atoms with Crippen molar-refractivity contribution in [2.75, 3.05) is 18.1 Å². The Hall–Kier alpha value is -1.06. The van der Waals surface area contributed by atoms with Crippen LogP contribution in [0.1, 0.15) is 50.6 Å². The highest BCUT2D eigenvalue weighted by atomic mass is 16.3. The van der Waals surface area contributed by atoms with Crippen molar-refractivity contribution in [2.45, 2.75) is 51.1 Å². The number of aliphatic hydroxyl groups excluding tert-OH is 1. The van der Waals surface area contributed by atoms with Gasteiger partial charge in [-0.25, -0.2) is 0 Å². The summed E-state index contributed by atoms with van der Waals surface area (Å²) in [6, 6.07) is 9.05. The van der Waals surface area contributed by atoms with Crippen LogP contribution in [0.2, 0.25) is 0 Å². The molecule has 3 N–H and O–H groups in total. The minimum atomic E-state index is 0.0822. The van der Waals surface area contributed by atoms with Crippen molar-refractivity contribution < 1.29 is 5.11 Å². The van der Waals surface area contributed by atoms with Gasteiger partial charge in [0.05, 0.1) is 6.61 Å². The van der Waals surface area contributed by atoms with Gasteiger partial charge in [0.25, 0.3) is 0 Å². The molecule has 0 saturated heterocycles. The molecule has 0 aromatic heterocycles. The number of anilines is 1. The van der Waals surface area contributed by atoms with Crippen molar-refractivity contribution in [3.05, 3.63) is 29.8 Å². The van der Waals surface area contributed by atoms with Gasteiger partial charge in [-0.15, -0.1) is 0 Å². The minimum Gasteiger partial charge on any atom is -0.395 e. The lowest BCUT2D eigenvalue weighted by Gasteiger charge is -2.33. The van der Waals surface area contributed by atoms with Crippen LogP contribution < -0.4 is 10.6 Å². The van der Waals surface area contributed by atoms with E-state index in [0.717, 1.165) is 6.42 Å². The van der Waals surface area contributed by atoms with Gasteiger partial charge in [-0.3, -0.25) is 0 Å². The van der Waals surface area contributed by atoms with Crippen LogP contribution in [0, 0.1) is 0 Å². The predicted octanol–water partition coefficient (Wildman–Crippen LogP) is 2.84. The molecule has 106 valence electrons. The van der Waals surface area contributed by atoms with E-state index in [1.54, 1.807) is 0 Å². The Bertz CT molecular complexity index is 388. The van der Waals surface area contributed by atoms with E-state index < -0.39 is 0 Å². The summed E-state index contributed by atoms with van der Waals surface area (Å²) in [6.07, 6.45) is 6.00. The average molecular weight is 262 g/mol. The number of hydrogen-bond donors (Lipinski definition) is 2. The maximum atomic E-state index is 9.37. The molecule has 1 fully saturated rings. The van der Waals surface area contributed by atoms with Gasteiger partial charge in [-0.05, 0) is 30.9 Å². The highest BCUT2D eigenvalue weighted by molar-refractivity contribution is 5.56. The van der Waals surface area contributed by atoms with E-state index in [0.29, 0.717) is 12.6 Å². The molecule has 0 radical (unpaired) electrons. The fourth-order valence-electron chi connectivity index (χ4n) is 3.11. The molecular formula is C16H26N2O. The maximum Gasteiger partial charge on any atom is 0.0606 e. The monoisotopic (exact) mass is 262 g/mol. The second kappa shape index (κ2) is 6.92. The SMILES string of the molecule is CC[C@H](N)c1ccccc1N(CCO)C1CCCC1. The first kappa shape index (κ1) is 14.4. The summed E-state index contributed by atoms with van der Waals surface area (Å²) < 4.78 is 0. The van der Waals surface area contributed by atoms with Crippen molar-refractivity contribution >= 4 is 5.69 Å². The standard InChI is InChI=1S/C16H26N2O/c1-2-15(17)14-9-5-6-10-16(14)18(11-12-19)13-7-3-4-8-13/h5-6,9-10,13,15,19H,2-4,7-8,11-12,17H2,1H3/t15-/m0/s1. The Balaban J connectivity index is 2.29. The molecule has 1 aromatic carbocycles. The summed E-state index contributed by atoms with van der Waals surface area (Å²) in [5.74, 6) is 0. The van der Waals surface area contributed by atoms with Gasteiger partial charge >= 0.3 is 0 Å². The second-order valence-electron chi connectivity index (χ2n) is 5.43. The quantitative estimate of drug-likeness (QED) is 0.829. The smallest absolute Gasteiger partial charge is 0.0606 e. The van der Waals surface area contributed by atoms with Crippen LogP contribution in [0.15, 0.2) is 24.3 Å². The van der Waals surface area contributed by atoms with Crippen LogP contribution in [-0.4, -0.2) is 24.3 Å². The zero-order chi connectivity index (χ0) is 13.7. The molecule has 1 aliphatic rings. The zero-order valence-electron chi connectivity index (χ0n) is 11.9. The van der Waals surface area contributed by atoms with Gasteiger partial charge in [0.2, 0.25) is 0 Å². The van der Waals surface area contributed by atoms with Crippen molar-refractivity contribution in [1.82, 2.24) is 0 Å². The third kappa shape index (κ3) is 3.28. The fourth-order valence-corrected chi connectivity index (χ4v) is 3.11. The normalized spacial score (nSPS) is 17.6. The highest BCUT2D eigenvalue weighted by Crippen LogP contribution is 2.32. The van der Waals surface area contributed by atoms with Crippen LogP contribution in [0.5, 0.6) is 0 Å². The van der Waals surface area contributed by atoms with Crippen molar-refractivity contribution in [2.24, 2.45) is 5.73 Å². The summed E-state index contributed by atoms with van der Waals surface area (Å²) in [5.41, 5.74) is 8.67. The van der Waals surface area contributed by atoms with Crippen LogP contribution in [0.4, 0.5) is 5.69 Å². The van der Waals surface area contributed by atoms with Gasteiger partial charge in [0.15, 0.2) is 0 Å². The first-order valence-corrected chi connectivity index (χ1v) is 7.50. The number of para-hydroxylation sites is 1. The number of hydrogen-bond acceptors (Lipinski definition) is 3. The molecule has 0 aliphatic heterocycles. The molecule has 1 aliphatic carbocycles. The molecule has 0 unspecified atom stereocenters. The molecule has 0 heterocycles. The van der Waals surface area contributed by atoms with Gasteiger partial charge < -0.3 is 15.7 Å². The Kier molecular flexibility index (Phi) is 5.23. The summed E-state index contributed by atoms with van der Waals surface area (Å²) >= 11 is 0. The predicted molar refractivity (Wildman–Crippen MR) is 80.3 cm³/mol. The van der Waals surface area contributed by atoms with E-state index >= 15 is 0 Å². The first-order chi connectivity index (χ1) is 9.27. The molecule has 0 bridgehead atoms. The Morgan fingerprint density at radius 3 is 2.63 bits per heavy atom. The molecule has 3 heteroatoms. The first-order valence-electron chi connectivity index (χ1n) is 7.50. The molecule has 1 aromatic rings. The third-order valence-electron chi connectivity index (χ3n) is 4.19. The molecular weight excluding hydrogens is 236 g/mol. The Labute approximate surface area is 116 Å². The molecule has 0 amide bonds. The second-order valence-corrected chi connectivity index (χ2v) is 5.43. The third-order valence-corrected chi connectivity index (χ3v) is 4.19. The summed E-state index contributed by atoms with van der Waals surface area (Å²) in [6.45, 7) is 3.03. The zero-order valence-corrected chi connectivity index (χ0v) is 11.9. The summed E-state index contributed by atoms with van der Waals surface area (Å²) in [5, 5.41) is 9.37. The largest absolute Gasteiger partial charge is 0.395 e. The number of nitrogens with zero attached hydrogens (tertiary/aromatic N) is 1. The Morgan fingerprint density at radius 1 is 1.32 bits per heavy atom. The number of benzene rings is 1. The maximum absolute atomic E-state index is 9.37. The van der Waals surface area contributed by atoms with Crippen LogP contribution >= 0.6 is 0 Å².